The number of thiazole rings is 1. The van der Waals surface area contributed by atoms with Crippen molar-refractivity contribution in [1.29, 1.82) is 0 Å². The Morgan fingerprint density at radius 2 is 1.90 bits per heavy atom. The van der Waals surface area contributed by atoms with Crippen molar-refractivity contribution in [1.82, 2.24) is 4.98 Å². The first kappa shape index (κ1) is 22.6. The molecule has 5 nitrogen and oxygen atoms in total. The Hall–Kier alpha value is -2.09. The van der Waals surface area contributed by atoms with Crippen LogP contribution < -0.4 is 10.1 Å². The number of hydrogen-bond acceptors (Lipinski definition) is 5. The number of nitrogens with zero attached hydrogens (tertiary/aromatic N) is 1. The van der Waals surface area contributed by atoms with Crippen LogP contribution in [0.5, 0.6) is 5.75 Å². The lowest BCUT2D eigenvalue weighted by Crippen LogP contribution is -2.27. The molecule has 0 aliphatic carbocycles. The molecule has 0 radical (unpaired) electrons. The molecule has 3 aromatic rings. The number of hydrogen-bond donors (Lipinski definition) is 1. The number of amides is 1. The van der Waals surface area contributed by atoms with E-state index in [0.717, 1.165) is 26.2 Å². The summed E-state index contributed by atoms with van der Waals surface area (Å²) in [5.74, 6) is 0.719. The van der Waals surface area contributed by atoms with Gasteiger partial charge in [-0.15, -0.1) is 0 Å². The van der Waals surface area contributed by atoms with E-state index < -0.39 is 17.8 Å². The van der Waals surface area contributed by atoms with Crippen LogP contribution in [0.25, 0.3) is 0 Å². The predicted octanol–water partition coefficient (Wildman–Crippen LogP) is 7.38. The molecule has 0 spiro atoms. The van der Waals surface area contributed by atoms with E-state index in [2.05, 4.69) is 26.2 Å². The number of nitrogens with one attached hydrogen (secondary N) is 1. The number of aryl methyl sites for hydroxylation is 1. The van der Waals surface area contributed by atoms with Crippen LogP contribution in [0.3, 0.4) is 0 Å². The van der Waals surface area contributed by atoms with Crippen molar-refractivity contribution < 1.29 is 14.3 Å². The second-order valence-electron chi connectivity index (χ2n) is 7.71. The van der Waals surface area contributed by atoms with E-state index in [0.29, 0.717) is 10.2 Å². The van der Waals surface area contributed by atoms with Crippen LogP contribution in [0, 0.1) is 6.92 Å². The highest BCUT2D eigenvalue weighted by Gasteiger charge is 2.22. The number of aromatic nitrogens is 1. The minimum absolute atomic E-state index is 0.414. The molecule has 1 heterocycles. The summed E-state index contributed by atoms with van der Waals surface area (Å²) in [4.78, 5) is 17.2. The number of halogens is 2. The molecule has 1 N–H and O–H groups in total. The molecule has 0 saturated carbocycles. The van der Waals surface area contributed by atoms with E-state index in [1.165, 1.54) is 11.3 Å². The number of carbonyl (C=O) groups is 1. The Morgan fingerprint density at radius 1 is 1.20 bits per heavy atom. The van der Waals surface area contributed by atoms with Gasteiger partial charge in [-0.2, -0.15) is 0 Å². The molecule has 0 fully saturated rings. The lowest BCUT2D eigenvalue weighted by Gasteiger charge is -2.19. The summed E-state index contributed by atoms with van der Waals surface area (Å²) < 4.78 is 12.6. The van der Waals surface area contributed by atoms with Gasteiger partial charge in [-0.25, -0.2) is 9.78 Å². The van der Waals surface area contributed by atoms with Crippen LogP contribution in [0.4, 0.5) is 9.93 Å². The number of carbonyl (C=O) groups excluding carboxylic acids is 1. The van der Waals surface area contributed by atoms with Crippen LogP contribution in [0.1, 0.15) is 42.9 Å². The van der Waals surface area contributed by atoms with Gasteiger partial charge in [0.15, 0.2) is 11.2 Å². The SMILES string of the molecule is Cc1cc(Br)cc(OC(c2ccc(Cl)cc2)c2cnc(NC(=O)OC(C)(C)C)s2)c1. The van der Waals surface area contributed by atoms with Crippen molar-refractivity contribution in [3.63, 3.8) is 0 Å². The normalized spacial score (nSPS) is 12.3. The molecule has 158 valence electrons. The second kappa shape index (κ2) is 9.37. The molecule has 2 aromatic carbocycles. The molecular formula is C22H22BrClN2O3S. The smallest absolute Gasteiger partial charge is 0.413 e. The zero-order valence-electron chi connectivity index (χ0n) is 17.0. The zero-order chi connectivity index (χ0) is 21.9. The fourth-order valence-corrected chi connectivity index (χ4v) is 4.26. The van der Waals surface area contributed by atoms with E-state index in [4.69, 9.17) is 21.1 Å². The standard InChI is InChI=1S/C22H22BrClN2O3S/c1-13-9-15(23)11-17(10-13)28-19(14-5-7-16(24)8-6-14)18-12-25-20(30-18)26-21(27)29-22(2,3)4/h5-12,19H,1-4H3,(H,25,26,27). The van der Waals surface area contributed by atoms with E-state index >= 15 is 0 Å². The average molecular weight is 510 g/mol. The first-order valence-corrected chi connectivity index (χ1v) is 11.2. The lowest BCUT2D eigenvalue weighted by molar-refractivity contribution is 0.0636. The highest BCUT2D eigenvalue weighted by molar-refractivity contribution is 9.10. The van der Waals surface area contributed by atoms with E-state index in [1.807, 2.05) is 70.2 Å². The Kier molecular flexibility index (Phi) is 7.06. The van der Waals surface area contributed by atoms with Crippen molar-refractivity contribution in [2.24, 2.45) is 0 Å². The van der Waals surface area contributed by atoms with Gasteiger partial charge in [0, 0.05) is 15.7 Å². The maximum Gasteiger partial charge on any atom is 0.413 e. The zero-order valence-corrected chi connectivity index (χ0v) is 20.2. The number of ether oxygens (including phenoxy) is 2. The van der Waals surface area contributed by atoms with Gasteiger partial charge in [-0.05, 0) is 69.2 Å². The Morgan fingerprint density at radius 3 is 2.53 bits per heavy atom. The van der Waals surface area contributed by atoms with Gasteiger partial charge < -0.3 is 9.47 Å². The lowest BCUT2D eigenvalue weighted by atomic mass is 10.1. The predicted molar refractivity (Wildman–Crippen MR) is 125 cm³/mol. The van der Waals surface area contributed by atoms with Gasteiger partial charge in [-0.1, -0.05) is 51.0 Å². The molecule has 1 amide bonds. The molecule has 30 heavy (non-hydrogen) atoms. The Labute approximate surface area is 193 Å². The summed E-state index contributed by atoms with van der Waals surface area (Å²) >= 11 is 10.9. The summed E-state index contributed by atoms with van der Waals surface area (Å²) in [6.45, 7) is 7.43. The van der Waals surface area contributed by atoms with Crippen LogP contribution in [0.2, 0.25) is 5.02 Å². The number of benzene rings is 2. The van der Waals surface area contributed by atoms with E-state index in [-0.39, 0.29) is 0 Å². The third-order valence-corrected chi connectivity index (χ3v) is 5.50. The maximum absolute atomic E-state index is 12.1. The average Bonchev–Trinajstić information content (AvgIpc) is 3.06. The fourth-order valence-electron chi connectivity index (χ4n) is 2.69. The minimum Gasteiger partial charge on any atom is -0.480 e. The number of anilines is 1. The van der Waals surface area contributed by atoms with Crippen LogP contribution in [-0.4, -0.2) is 16.7 Å². The first-order chi connectivity index (χ1) is 14.1. The third-order valence-electron chi connectivity index (χ3n) is 3.83. The molecular weight excluding hydrogens is 488 g/mol. The number of rotatable bonds is 5. The second-order valence-corrected chi connectivity index (χ2v) is 10.1. The van der Waals surface area contributed by atoms with Gasteiger partial charge >= 0.3 is 6.09 Å². The van der Waals surface area contributed by atoms with Gasteiger partial charge in [0.05, 0.1) is 4.88 Å². The monoisotopic (exact) mass is 508 g/mol. The van der Waals surface area contributed by atoms with Crippen molar-refractivity contribution >= 4 is 50.1 Å². The quantitative estimate of drug-likeness (QED) is 0.390. The minimum atomic E-state index is -0.586. The highest BCUT2D eigenvalue weighted by Crippen LogP contribution is 2.35. The highest BCUT2D eigenvalue weighted by atomic mass is 79.9. The molecule has 0 bridgehead atoms. The van der Waals surface area contributed by atoms with Crippen molar-refractivity contribution in [2.75, 3.05) is 5.32 Å². The topological polar surface area (TPSA) is 60.5 Å². The first-order valence-electron chi connectivity index (χ1n) is 9.24. The van der Waals surface area contributed by atoms with Crippen molar-refractivity contribution in [3.05, 3.63) is 74.2 Å². The molecule has 0 saturated heterocycles. The summed E-state index contributed by atoms with van der Waals surface area (Å²) in [5.41, 5.74) is 1.41. The van der Waals surface area contributed by atoms with Crippen molar-refractivity contribution in [2.45, 2.75) is 39.4 Å². The summed E-state index contributed by atoms with van der Waals surface area (Å²) in [7, 11) is 0. The summed E-state index contributed by atoms with van der Waals surface area (Å²) in [6.07, 6.45) is 0.735. The summed E-state index contributed by atoms with van der Waals surface area (Å²) in [5, 5.41) is 3.76. The fraction of sp³-hybridized carbons (Fsp3) is 0.273. The van der Waals surface area contributed by atoms with Gasteiger partial charge in [0.1, 0.15) is 11.4 Å². The van der Waals surface area contributed by atoms with Gasteiger partial charge in [0.25, 0.3) is 0 Å². The van der Waals surface area contributed by atoms with E-state index in [1.54, 1.807) is 6.20 Å². The van der Waals surface area contributed by atoms with Crippen LogP contribution >= 0.6 is 38.9 Å². The van der Waals surface area contributed by atoms with Crippen LogP contribution in [0.15, 0.2) is 53.1 Å². The molecule has 1 atom stereocenters. The molecule has 3 rings (SSSR count). The largest absolute Gasteiger partial charge is 0.480 e. The molecule has 1 aromatic heterocycles. The Balaban J connectivity index is 1.88. The van der Waals surface area contributed by atoms with Crippen LogP contribution in [-0.2, 0) is 4.74 Å². The maximum atomic E-state index is 12.1. The summed E-state index contributed by atoms with van der Waals surface area (Å²) in [6, 6.07) is 13.4. The van der Waals surface area contributed by atoms with Gasteiger partial charge in [0.2, 0.25) is 0 Å². The molecule has 0 aliphatic rings. The van der Waals surface area contributed by atoms with E-state index in [9.17, 15) is 4.79 Å². The molecule has 0 aliphatic heterocycles. The molecule has 8 heteroatoms. The third kappa shape index (κ3) is 6.45. The Bertz CT molecular complexity index is 1010. The molecule has 1 unspecified atom stereocenters. The van der Waals surface area contributed by atoms with Crippen molar-refractivity contribution in [3.8, 4) is 5.75 Å². The van der Waals surface area contributed by atoms with Gasteiger partial charge in [-0.3, -0.25) is 5.32 Å².